The van der Waals surface area contributed by atoms with Gasteiger partial charge >= 0.3 is 0 Å². The molecule has 1 heterocycles. The lowest BCUT2D eigenvalue weighted by atomic mass is 9.79. The molecule has 2 aromatic rings. The van der Waals surface area contributed by atoms with Crippen LogP contribution < -0.4 is 5.73 Å². The Labute approximate surface area is 165 Å². The summed E-state index contributed by atoms with van der Waals surface area (Å²) in [5.41, 5.74) is 12.2. The Hall–Kier alpha value is -0.630. The molecule has 3 rings (SSSR count). The number of hydrogen-bond donors (Lipinski definition) is 1. The van der Waals surface area contributed by atoms with Crippen LogP contribution in [0.5, 0.6) is 0 Å². The first kappa shape index (κ1) is 17.2. The van der Waals surface area contributed by atoms with Gasteiger partial charge in [0, 0.05) is 17.3 Å². The normalized spacial score (nSPS) is 18.7. The second-order valence-corrected chi connectivity index (χ2v) is 9.24. The van der Waals surface area contributed by atoms with Gasteiger partial charge in [-0.1, -0.05) is 75.5 Å². The summed E-state index contributed by atoms with van der Waals surface area (Å²) in [6.07, 6.45) is 0. The molecule has 23 heavy (non-hydrogen) atoms. The summed E-state index contributed by atoms with van der Waals surface area (Å²) < 4.78 is 3.19. The third kappa shape index (κ3) is 2.92. The van der Waals surface area contributed by atoms with Crippen molar-refractivity contribution in [2.24, 2.45) is 0 Å². The number of alkyl halides is 2. The van der Waals surface area contributed by atoms with Crippen molar-refractivity contribution in [3.05, 3.63) is 59.7 Å². The van der Waals surface area contributed by atoms with Gasteiger partial charge in [-0.3, -0.25) is 0 Å². The highest BCUT2D eigenvalue weighted by Crippen LogP contribution is 2.45. The number of fused-ring (bicyclic) bond motifs is 1. The van der Waals surface area contributed by atoms with Crippen LogP contribution in [-0.2, 0) is 5.41 Å². The van der Waals surface area contributed by atoms with Gasteiger partial charge in [-0.05, 0) is 31.5 Å². The standard InChI is InChI=1S/C19H21I2N2/c1-19(2)14-6-4-5-7-15(14)23(3)18(19)17(21)16(20)12-8-10-13(22)11-9-12/h4-11,16-17H,22H2,1-3H3/q+1/t16-,17+/m1/s1. The van der Waals surface area contributed by atoms with Crippen LogP contribution in [0.4, 0.5) is 11.4 Å². The van der Waals surface area contributed by atoms with Crippen LogP contribution in [0.2, 0.25) is 0 Å². The summed E-state index contributed by atoms with van der Waals surface area (Å²) in [5, 5.41) is 0. The minimum absolute atomic E-state index is 0.0500. The van der Waals surface area contributed by atoms with E-state index in [1.165, 1.54) is 22.5 Å². The minimum atomic E-state index is 0.0500. The monoisotopic (exact) mass is 531 g/mol. The topological polar surface area (TPSA) is 29.0 Å². The Morgan fingerprint density at radius 1 is 0.957 bits per heavy atom. The van der Waals surface area contributed by atoms with E-state index in [0.717, 1.165) is 5.69 Å². The molecule has 0 saturated heterocycles. The molecular weight excluding hydrogens is 510 g/mol. The molecule has 0 aromatic heterocycles. The van der Waals surface area contributed by atoms with E-state index in [1.54, 1.807) is 0 Å². The molecular formula is C19H21I2N2+. The maximum atomic E-state index is 5.83. The van der Waals surface area contributed by atoms with Gasteiger partial charge in [0.1, 0.15) is 11.0 Å². The van der Waals surface area contributed by atoms with E-state index in [9.17, 15) is 0 Å². The first-order valence-corrected chi connectivity index (χ1v) is 10.2. The Morgan fingerprint density at radius 2 is 1.57 bits per heavy atom. The number of hydrogen-bond acceptors (Lipinski definition) is 1. The third-order valence-electron chi connectivity index (χ3n) is 4.71. The van der Waals surface area contributed by atoms with Gasteiger partial charge in [0.15, 0.2) is 5.71 Å². The molecule has 0 radical (unpaired) electrons. The van der Waals surface area contributed by atoms with E-state index in [2.05, 4.69) is 107 Å². The molecule has 0 amide bonds. The zero-order chi connectivity index (χ0) is 16.8. The van der Waals surface area contributed by atoms with Crippen molar-refractivity contribution < 1.29 is 4.58 Å². The Kier molecular flexibility index (Phi) is 4.75. The lowest BCUT2D eigenvalue weighted by molar-refractivity contribution is -0.403. The highest BCUT2D eigenvalue weighted by molar-refractivity contribution is 14.1. The van der Waals surface area contributed by atoms with Crippen LogP contribution in [0.3, 0.4) is 0 Å². The number of halogens is 2. The molecule has 2 aromatic carbocycles. The van der Waals surface area contributed by atoms with Crippen molar-refractivity contribution in [1.82, 2.24) is 0 Å². The third-order valence-corrected chi connectivity index (χ3v) is 8.84. The molecule has 0 fully saturated rings. The van der Waals surface area contributed by atoms with Crippen molar-refractivity contribution in [3.8, 4) is 0 Å². The maximum Gasteiger partial charge on any atom is 0.209 e. The van der Waals surface area contributed by atoms with Gasteiger partial charge in [0.25, 0.3) is 0 Å². The van der Waals surface area contributed by atoms with Gasteiger partial charge in [-0.2, -0.15) is 0 Å². The van der Waals surface area contributed by atoms with Crippen LogP contribution in [0.25, 0.3) is 0 Å². The van der Waals surface area contributed by atoms with Crippen LogP contribution in [-0.4, -0.2) is 21.3 Å². The van der Waals surface area contributed by atoms with Crippen LogP contribution in [0.15, 0.2) is 48.5 Å². The van der Waals surface area contributed by atoms with E-state index >= 15 is 0 Å². The smallest absolute Gasteiger partial charge is 0.209 e. The number of nitrogens with zero attached hydrogens (tertiary/aromatic N) is 1. The summed E-state index contributed by atoms with van der Waals surface area (Å²) in [4.78, 5) is 0. The summed E-state index contributed by atoms with van der Waals surface area (Å²) >= 11 is 5.17. The maximum absolute atomic E-state index is 5.83. The summed E-state index contributed by atoms with van der Waals surface area (Å²) in [6, 6.07) is 17.0. The molecule has 0 aliphatic carbocycles. The summed E-state index contributed by atoms with van der Waals surface area (Å²) in [6.45, 7) is 4.67. The molecule has 1 aliphatic heterocycles. The Bertz CT molecular complexity index is 763. The fourth-order valence-corrected chi connectivity index (χ4v) is 5.87. The van der Waals surface area contributed by atoms with E-state index in [4.69, 9.17) is 5.73 Å². The summed E-state index contributed by atoms with van der Waals surface area (Å²) in [7, 11) is 2.20. The molecule has 2 atom stereocenters. The highest BCUT2D eigenvalue weighted by atomic mass is 127. The molecule has 0 spiro atoms. The highest BCUT2D eigenvalue weighted by Gasteiger charge is 2.48. The van der Waals surface area contributed by atoms with Gasteiger partial charge < -0.3 is 5.73 Å². The van der Waals surface area contributed by atoms with Gasteiger partial charge in [0.2, 0.25) is 5.69 Å². The number of nitrogen functional groups attached to an aromatic ring is 1. The molecule has 0 bridgehead atoms. The quantitative estimate of drug-likeness (QED) is 0.249. The van der Waals surface area contributed by atoms with Gasteiger partial charge in [-0.25, -0.2) is 4.58 Å². The van der Waals surface area contributed by atoms with E-state index in [1.807, 2.05) is 12.1 Å². The predicted molar refractivity (Wildman–Crippen MR) is 116 cm³/mol. The zero-order valence-corrected chi connectivity index (χ0v) is 17.9. The molecule has 4 heteroatoms. The fraction of sp³-hybridized carbons (Fsp3) is 0.316. The second kappa shape index (κ2) is 6.35. The number of anilines is 1. The molecule has 1 aliphatic rings. The first-order valence-electron chi connectivity index (χ1n) is 7.68. The fourth-order valence-electron chi connectivity index (χ4n) is 3.50. The second-order valence-electron chi connectivity index (χ2n) is 6.56. The SMILES string of the molecule is C[N+]1=C([C@@H](I)[C@H](I)c2ccc(N)cc2)C(C)(C)c2ccccc21. The predicted octanol–water partition coefficient (Wildman–Crippen LogP) is 5.25. The van der Waals surface area contributed by atoms with Crippen molar-refractivity contribution in [2.75, 3.05) is 12.8 Å². The van der Waals surface area contributed by atoms with Crippen LogP contribution in [0.1, 0.15) is 28.9 Å². The summed E-state index contributed by atoms with van der Waals surface area (Å²) in [5.74, 6) is 0. The van der Waals surface area contributed by atoms with E-state index in [-0.39, 0.29) is 5.41 Å². The first-order chi connectivity index (χ1) is 10.8. The molecule has 0 saturated carbocycles. The van der Waals surface area contributed by atoms with Crippen molar-refractivity contribution >= 4 is 62.3 Å². The van der Waals surface area contributed by atoms with Crippen molar-refractivity contribution in [3.63, 3.8) is 0 Å². The largest absolute Gasteiger partial charge is 0.399 e. The van der Waals surface area contributed by atoms with Crippen molar-refractivity contribution in [1.29, 1.82) is 0 Å². The van der Waals surface area contributed by atoms with Gasteiger partial charge in [0.05, 0.1) is 9.34 Å². The lowest BCUT2D eigenvalue weighted by Crippen LogP contribution is -2.37. The number of benzene rings is 2. The van der Waals surface area contributed by atoms with Crippen LogP contribution >= 0.6 is 45.2 Å². The average Bonchev–Trinajstić information content (AvgIpc) is 2.74. The lowest BCUT2D eigenvalue weighted by Gasteiger charge is -2.24. The number of para-hydroxylation sites is 1. The van der Waals surface area contributed by atoms with Gasteiger partial charge in [-0.15, -0.1) is 0 Å². The Morgan fingerprint density at radius 3 is 2.17 bits per heavy atom. The number of nitrogens with two attached hydrogens (primary N) is 1. The Balaban J connectivity index is 2.01. The minimum Gasteiger partial charge on any atom is -0.399 e. The van der Waals surface area contributed by atoms with Crippen molar-refractivity contribution in [2.45, 2.75) is 27.1 Å². The zero-order valence-electron chi connectivity index (χ0n) is 13.6. The van der Waals surface area contributed by atoms with Crippen LogP contribution in [0, 0.1) is 0 Å². The van der Waals surface area contributed by atoms with E-state index < -0.39 is 0 Å². The van der Waals surface area contributed by atoms with E-state index in [0.29, 0.717) is 7.85 Å². The molecule has 2 N–H and O–H groups in total. The number of rotatable bonds is 3. The molecule has 2 nitrogen and oxygen atoms in total. The molecule has 0 unspecified atom stereocenters. The average molecular weight is 531 g/mol. The molecule has 120 valence electrons.